The lowest BCUT2D eigenvalue weighted by Crippen LogP contribution is -2.26. The summed E-state index contributed by atoms with van der Waals surface area (Å²) in [7, 11) is -4.20. The second-order valence-corrected chi connectivity index (χ2v) is 8.91. The summed E-state index contributed by atoms with van der Waals surface area (Å²) in [6.45, 7) is 7.13. The first kappa shape index (κ1) is 19.5. The first-order valence-electron chi connectivity index (χ1n) is 9.15. The van der Waals surface area contributed by atoms with Gasteiger partial charge in [-0.05, 0) is 38.0 Å². The average molecular weight is 385 g/mol. The Balaban J connectivity index is 1.82. The third-order valence-corrected chi connectivity index (χ3v) is 6.30. The molecule has 4 nitrogen and oxygen atoms in total. The lowest BCUT2D eigenvalue weighted by Gasteiger charge is -2.15. The van der Waals surface area contributed by atoms with Gasteiger partial charge in [-0.2, -0.15) is 13.0 Å². The van der Waals surface area contributed by atoms with Crippen LogP contribution in [0.3, 0.4) is 0 Å². The molecular formula is C22H26NO3S+. The molecule has 1 aromatic rings. The second kappa shape index (κ2) is 7.41. The van der Waals surface area contributed by atoms with Crippen LogP contribution in [0.5, 0.6) is 0 Å². The molecule has 0 fully saturated rings. The molecule has 1 heterocycles. The zero-order chi connectivity index (χ0) is 19.7. The number of hydrogen-bond acceptors (Lipinski definition) is 2. The monoisotopic (exact) mass is 384 g/mol. The van der Waals surface area contributed by atoms with Gasteiger partial charge in [0.2, 0.25) is 5.69 Å². The van der Waals surface area contributed by atoms with Crippen molar-refractivity contribution in [2.75, 3.05) is 6.54 Å². The van der Waals surface area contributed by atoms with Crippen molar-refractivity contribution in [1.82, 2.24) is 0 Å². The second-order valence-electron chi connectivity index (χ2n) is 7.49. The van der Waals surface area contributed by atoms with E-state index >= 15 is 0 Å². The molecule has 1 aromatic carbocycles. The third-order valence-electron chi connectivity index (χ3n) is 5.45. The van der Waals surface area contributed by atoms with E-state index in [-0.39, 0.29) is 10.3 Å². The van der Waals surface area contributed by atoms with Gasteiger partial charge in [0.25, 0.3) is 10.1 Å². The lowest BCUT2D eigenvalue weighted by atomic mass is 9.82. The molecule has 0 bridgehead atoms. The van der Waals surface area contributed by atoms with Gasteiger partial charge in [0.05, 0.1) is 10.3 Å². The Morgan fingerprint density at radius 3 is 2.52 bits per heavy atom. The van der Waals surface area contributed by atoms with Gasteiger partial charge in [0.1, 0.15) is 6.54 Å². The zero-order valence-corrected chi connectivity index (χ0v) is 16.8. The Morgan fingerprint density at radius 2 is 1.78 bits per heavy atom. The molecule has 1 N–H and O–H groups in total. The number of nitrogens with zero attached hydrogens (tertiary/aromatic N) is 1. The van der Waals surface area contributed by atoms with Gasteiger partial charge >= 0.3 is 0 Å². The van der Waals surface area contributed by atoms with E-state index in [1.807, 2.05) is 18.2 Å². The van der Waals surface area contributed by atoms with Gasteiger partial charge in [-0.1, -0.05) is 42.5 Å². The van der Waals surface area contributed by atoms with Crippen LogP contribution in [0, 0.1) is 0 Å². The SMILES string of the molecule is CC1=[N+](CCCC2=C/C=C\C=C/C=C\2)c2ccc(S(=O)(=O)O)cc2C1(C)C. The number of allylic oxidation sites excluding steroid dienone is 8. The maximum absolute atomic E-state index is 11.5. The van der Waals surface area contributed by atoms with Crippen LogP contribution in [0.25, 0.3) is 0 Å². The van der Waals surface area contributed by atoms with Crippen molar-refractivity contribution in [2.45, 2.75) is 43.9 Å². The van der Waals surface area contributed by atoms with E-state index in [4.69, 9.17) is 0 Å². The van der Waals surface area contributed by atoms with Crippen LogP contribution in [0.15, 0.2) is 71.2 Å². The Hall–Kier alpha value is -2.24. The highest BCUT2D eigenvalue weighted by molar-refractivity contribution is 7.85. The molecule has 142 valence electrons. The molecule has 1 aliphatic heterocycles. The lowest BCUT2D eigenvalue weighted by molar-refractivity contribution is -0.439. The van der Waals surface area contributed by atoms with Gasteiger partial charge in [-0.25, -0.2) is 0 Å². The van der Waals surface area contributed by atoms with Crippen molar-refractivity contribution >= 4 is 21.5 Å². The third kappa shape index (κ3) is 4.04. The average Bonchev–Trinajstić information content (AvgIpc) is 2.76. The summed E-state index contributed by atoms with van der Waals surface area (Å²) >= 11 is 0. The maximum atomic E-state index is 11.5. The van der Waals surface area contributed by atoms with Gasteiger partial charge in [0.15, 0.2) is 5.71 Å². The minimum Gasteiger partial charge on any atom is -0.282 e. The van der Waals surface area contributed by atoms with Crippen LogP contribution < -0.4 is 0 Å². The standard InChI is InChI=1S/C22H25NO3S/c1-17-22(2,3)20-16-19(27(24,25)26)13-14-21(20)23(17)15-9-12-18-10-7-5-4-6-8-11-18/h4-8,10-11,13-14,16H,9,12,15H2,1-3H3/p+1/b5-4-,6-4?,7-5?,8-6-,10-7-,11-8?,18-10?,18-11+. The van der Waals surface area contributed by atoms with Crippen molar-refractivity contribution in [2.24, 2.45) is 0 Å². The molecular weight excluding hydrogens is 358 g/mol. The number of fused-ring (bicyclic) bond motifs is 1. The fraction of sp³-hybridized carbons (Fsp3) is 0.318. The quantitative estimate of drug-likeness (QED) is 0.590. The van der Waals surface area contributed by atoms with Gasteiger partial charge < -0.3 is 0 Å². The summed E-state index contributed by atoms with van der Waals surface area (Å²) in [5.41, 5.74) is 4.16. The highest BCUT2D eigenvalue weighted by Crippen LogP contribution is 2.40. The molecule has 1 aliphatic carbocycles. The highest BCUT2D eigenvalue weighted by atomic mass is 32.2. The topological polar surface area (TPSA) is 57.4 Å². The number of benzene rings is 1. The van der Waals surface area contributed by atoms with Gasteiger partial charge in [-0.15, -0.1) is 0 Å². The molecule has 5 heteroatoms. The fourth-order valence-corrected chi connectivity index (χ4v) is 4.13. The molecule has 3 rings (SSSR count). The van der Waals surface area contributed by atoms with E-state index in [2.05, 4.69) is 49.7 Å². The Morgan fingerprint density at radius 1 is 1.07 bits per heavy atom. The van der Waals surface area contributed by atoms with Crippen molar-refractivity contribution in [1.29, 1.82) is 0 Å². The van der Waals surface area contributed by atoms with Crippen LogP contribution in [0.2, 0.25) is 0 Å². The first-order chi connectivity index (χ1) is 12.7. The summed E-state index contributed by atoms with van der Waals surface area (Å²) in [5, 5.41) is 0. The van der Waals surface area contributed by atoms with Crippen molar-refractivity contribution in [3.05, 3.63) is 71.9 Å². The molecule has 0 spiro atoms. The van der Waals surface area contributed by atoms with Crippen molar-refractivity contribution in [3.63, 3.8) is 0 Å². The van der Waals surface area contributed by atoms with Crippen molar-refractivity contribution in [3.8, 4) is 0 Å². The summed E-state index contributed by atoms with van der Waals surface area (Å²) in [6, 6.07) is 4.89. The first-order valence-corrected chi connectivity index (χ1v) is 10.6. The van der Waals surface area contributed by atoms with Gasteiger partial charge in [0, 0.05) is 25.0 Å². The molecule has 0 atom stereocenters. The molecule has 0 radical (unpaired) electrons. The van der Waals surface area contributed by atoms with E-state index in [1.165, 1.54) is 17.4 Å². The summed E-state index contributed by atoms with van der Waals surface area (Å²) in [5.74, 6) is 0. The Kier molecular flexibility index (Phi) is 5.36. The number of hydrogen-bond donors (Lipinski definition) is 1. The maximum Gasteiger partial charge on any atom is 0.294 e. The Bertz CT molecular complexity index is 1010. The van der Waals surface area contributed by atoms with E-state index in [0.29, 0.717) is 0 Å². The van der Waals surface area contributed by atoms with E-state index < -0.39 is 10.1 Å². The Labute approximate surface area is 161 Å². The smallest absolute Gasteiger partial charge is 0.282 e. The molecule has 0 saturated carbocycles. The van der Waals surface area contributed by atoms with Crippen LogP contribution >= 0.6 is 0 Å². The summed E-state index contributed by atoms with van der Waals surface area (Å²) < 4.78 is 34.7. The molecule has 0 amide bonds. The zero-order valence-electron chi connectivity index (χ0n) is 16.0. The minimum absolute atomic E-state index is 0.0476. The molecule has 0 saturated heterocycles. The highest BCUT2D eigenvalue weighted by Gasteiger charge is 2.43. The molecule has 0 unspecified atom stereocenters. The summed E-state index contributed by atoms with van der Waals surface area (Å²) in [4.78, 5) is -0.0476. The van der Waals surface area contributed by atoms with Crippen molar-refractivity contribution < 1.29 is 17.5 Å². The normalized spacial score (nSPS) is 23.8. The van der Waals surface area contributed by atoms with Crippen LogP contribution in [0.4, 0.5) is 5.69 Å². The van der Waals surface area contributed by atoms with Crippen LogP contribution in [0.1, 0.15) is 39.2 Å². The van der Waals surface area contributed by atoms with Gasteiger partial charge in [-0.3, -0.25) is 4.55 Å². The predicted octanol–water partition coefficient (Wildman–Crippen LogP) is 4.72. The molecule has 0 aromatic heterocycles. The molecule has 27 heavy (non-hydrogen) atoms. The van der Waals surface area contributed by atoms with E-state index in [1.54, 1.807) is 12.1 Å². The summed E-state index contributed by atoms with van der Waals surface area (Å²) in [6.07, 6.45) is 16.4. The van der Waals surface area contributed by atoms with E-state index in [9.17, 15) is 13.0 Å². The fourth-order valence-electron chi connectivity index (χ4n) is 3.63. The van der Waals surface area contributed by atoms with Crippen LogP contribution in [-0.2, 0) is 15.5 Å². The number of rotatable bonds is 5. The minimum atomic E-state index is -4.20. The van der Waals surface area contributed by atoms with Crippen LogP contribution in [-0.4, -0.2) is 29.8 Å². The predicted molar refractivity (Wildman–Crippen MR) is 109 cm³/mol. The molecule has 2 aliphatic rings. The largest absolute Gasteiger partial charge is 0.294 e. The van der Waals surface area contributed by atoms with E-state index in [0.717, 1.165) is 30.6 Å².